The first-order valence-corrected chi connectivity index (χ1v) is 10.3. The Kier molecular flexibility index (Phi) is 6.14. The molecule has 0 amide bonds. The van der Waals surface area contributed by atoms with Gasteiger partial charge in [0.1, 0.15) is 17.2 Å². The number of hydrogen-bond acceptors (Lipinski definition) is 3. The largest absolute Gasteiger partial charge is 0.481 e. The summed E-state index contributed by atoms with van der Waals surface area (Å²) in [5.74, 6) is -1.23. The molecule has 0 spiro atoms. The fourth-order valence-corrected chi connectivity index (χ4v) is 3.56. The summed E-state index contributed by atoms with van der Waals surface area (Å²) >= 11 is 0. The lowest BCUT2D eigenvalue weighted by Crippen LogP contribution is -2.25. The molecule has 1 unspecified atom stereocenters. The molecule has 4 aromatic rings. The number of hydrogen-bond donors (Lipinski definition) is 2. The van der Waals surface area contributed by atoms with Crippen LogP contribution < -0.4 is 5.32 Å². The summed E-state index contributed by atoms with van der Waals surface area (Å²) in [6, 6.07) is 23.1. The minimum absolute atomic E-state index is 0.327. The standard InChI is InChI=1S/C26H24FNO3/c1-17(26(29)30)15-28-16-20-7-9-22(23(27)13-20)25-14-21-12-19(8-10-24(21)31-25)11-18-5-3-2-4-6-18/h2-10,12-14,17,28H,11,15-16H2,1H3,(H,29,30). The number of nitrogens with one attached hydrogen (secondary N) is 1. The molecule has 0 aliphatic heterocycles. The summed E-state index contributed by atoms with van der Waals surface area (Å²) in [4.78, 5) is 10.9. The molecule has 4 nitrogen and oxygen atoms in total. The van der Waals surface area contributed by atoms with Gasteiger partial charge in [-0.25, -0.2) is 4.39 Å². The molecule has 2 N–H and O–H groups in total. The van der Waals surface area contributed by atoms with Gasteiger partial charge >= 0.3 is 5.97 Å². The number of aliphatic carboxylic acids is 1. The second-order valence-electron chi connectivity index (χ2n) is 7.83. The first-order chi connectivity index (χ1) is 15.0. The predicted octanol–water partition coefficient (Wildman–Crippen LogP) is 5.64. The number of halogens is 1. The molecule has 0 bridgehead atoms. The summed E-state index contributed by atoms with van der Waals surface area (Å²) in [5, 5.41) is 12.9. The topological polar surface area (TPSA) is 62.5 Å². The third-order valence-corrected chi connectivity index (χ3v) is 5.33. The van der Waals surface area contributed by atoms with Gasteiger partial charge in [0.2, 0.25) is 0 Å². The van der Waals surface area contributed by atoms with E-state index in [1.807, 2.05) is 42.5 Å². The Morgan fingerprint density at radius 3 is 2.52 bits per heavy atom. The number of carboxylic acid groups (broad SMARTS) is 1. The molecule has 5 heteroatoms. The van der Waals surface area contributed by atoms with E-state index in [2.05, 4.69) is 23.5 Å². The molecule has 4 rings (SSSR count). The van der Waals surface area contributed by atoms with Crippen molar-refractivity contribution in [2.45, 2.75) is 19.9 Å². The van der Waals surface area contributed by atoms with Gasteiger partial charge in [0.05, 0.1) is 11.5 Å². The molecule has 0 saturated heterocycles. The van der Waals surface area contributed by atoms with Crippen LogP contribution in [0.2, 0.25) is 0 Å². The molecular weight excluding hydrogens is 393 g/mol. The van der Waals surface area contributed by atoms with Crippen LogP contribution in [-0.2, 0) is 17.8 Å². The van der Waals surface area contributed by atoms with Crippen molar-refractivity contribution >= 4 is 16.9 Å². The van der Waals surface area contributed by atoms with Crippen molar-refractivity contribution in [1.82, 2.24) is 5.32 Å². The zero-order valence-electron chi connectivity index (χ0n) is 17.3. The van der Waals surface area contributed by atoms with Crippen LogP contribution in [0.4, 0.5) is 4.39 Å². The monoisotopic (exact) mass is 417 g/mol. The third-order valence-electron chi connectivity index (χ3n) is 5.33. The fraction of sp³-hybridized carbons (Fsp3) is 0.192. The van der Waals surface area contributed by atoms with Crippen LogP contribution in [0.25, 0.3) is 22.3 Å². The van der Waals surface area contributed by atoms with Crippen molar-refractivity contribution in [1.29, 1.82) is 0 Å². The Balaban J connectivity index is 1.49. The second-order valence-corrected chi connectivity index (χ2v) is 7.83. The zero-order chi connectivity index (χ0) is 21.8. The van der Waals surface area contributed by atoms with E-state index in [1.165, 1.54) is 17.2 Å². The van der Waals surface area contributed by atoms with Crippen molar-refractivity contribution in [3.05, 3.63) is 95.3 Å². The van der Waals surface area contributed by atoms with Gasteiger partial charge in [0.25, 0.3) is 0 Å². The van der Waals surface area contributed by atoms with Crippen LogP contribution in [0.1, 0.15) is 23.6 Å². The maximum absolute atomic E-state index is 14.8. The number of furan rings is 1. The smallest absolute Gasteiger partial charge is 0.307 e. The molecule has 0 aliphatic rings. The summed E-state index contributed by atoms with van der Waals surface area (Å²) in [6.07, 6.45) is 0.827. The molecule has 0 aliphatic carbocycles. The molecule has 0 saturated carbocycles. The lowest BCUT2D eigenvalue weighted by molar-refractivity contribution is -0.140. The molecule has 158 valence electrons. The Bertz CT molecular complexity index is 1200. The van der Waals surface area contributed by atoms with Gasteiger partial charge in [-0.15, -0.1) is 0 Å². The maximum atomic E-state index is 14.8. The molecule has 1 aromatic heterocycles. The van der Waals surface area contributed by atoms with E-state index in [0.29, 0.717) is 24.4 Å². The van der Waals surface area contributed by atoms with E-state index in [4.69, 9.17) is 9.52 Å². The number of carboxylic acids is 1. The van der Waals surface area contributed by atoms with E-state index in [9.17, 15) is 9.18 Å². The SMILES string of the molecule is CC(CNCc1ccc(-c2cc3cc(Cc4ccccc4)ccc3o2)c(F)c1)C(=O)O. The lowest BCUT2D eigenvalue weighted by Gasteiger charge is -2.09. The van der Waals surface area contributed by atoms with Gasteiger partial charge in [0.15, 0.2) is 0 Å². The summed E-state index contributed by atoms with van der Waals surface area (Å²) < 4.78 is 20.7. The van der Waals surface area contributed by atoms with E-state index in [1.54, 1.807) is 13.0 Å². The Hall–Kier alpha value is -3.44. The molecule has 0 fully saturated rings. The normalized spacial score (nSPS) is 12.2. The van der Waals surface area contributed by atoms with Crippen molar-refractivity contribution in [3.8, 4) is 11.3 Å². The molecular formula is C26H24FNO3. The highest BCUT2D eigenvalue weighted by Crippen LogP contribution is 2.31. The molecule has 1 heterocycles. The Morgan fingerprint density at radius 1 is 1.00 bits per heavy atom. The zero-order valence-corrected chi connectivity index (χ0v) is 17.3. The number of carbonyl (C=O) groups is 1. The van der Waals surface area contributed by atoms with Crippen LogP contribution in [0.15, 0.2) is 77.2 Å². The number of fused-ring (bicyclic) bond motifs is 1. The highest BCUT2D eigenvalue weighted by molar-refractivity contribution is 5.83. The van der Waals surface area contributed by atoms with E-state index in [-0.39, 0.29) is 5.82 Å². The average molecular weight is 417 g/mol. The summed E-state index contributed by atoms with van der Waals surface area (Å²) in [7, 11) is 0. The van der Waals surface area contributed by atoms with Crippen molar-refractivity contribution < 1.29 is 18.7 Å². The molecule has 3 aromatic carbocycles. The number of rotatable bonds is 8. The summed E-state index contributed by atoms with van der Waals surface area (Å²) in [6.45, 7) is 2.36. The van der Waals surface area contributed by atoms with Gasteiger partial charge < -0.3 is 14.8 Å². The van der Waals surface area contributed by atoms with Crippen molar-refractivity contribution in [2.75, 3.05) is 6.54 Å². The number of benzene rings is 3. The van der Waals surface area contributed by atoms with Gasteiger partial charge in [0, 0.05) is 18.5 Å². The molecule has 1 atom stereocenters. The minimum Gasteiger partial charge on any atom is -0.481 e. The first kappa shape index (κ1) is 20.8. The quantitative estimate of drug-likeness (QED) is 0.389. The Morgan fingerprint density at radius 2 is 1.77 bits per heavy atom. The van der Waals surface area contributed by atoms with Crippen LogP contribution in [0.3, 0.4) is 0 Å². The fourth-order valence-electron chi connectivity index (χ4n) is 3.56. The van der Waals surface area contributed by atoms with Gasteiger partial charge in [-0.2, -0.15) is 0 Å². The first-order valence-electron chi connectivity index (χ1n) is 10.3. The minimum atomic E-state index is -0.856. The highest BCUT2D eigenvalue weighted by Gasteiger charge is 2.13. The maximum Gasteiger partial charge on any atom is 0.307 e. The second kappa shape index (κ2) is 9.14. The average Bonchev–Trinajstić information content (AvgIpc) is 3.17. The van der Waals surface area contributed by atoms with Crippen LogP contribution in [0, 0.1) is 11.7 Å². The van der Waals surface area contributed by atoms with E-state index < -0.39 is 11.9 Å². The van der Waals surface area contributed by atoms with Crippen LogP contribution in [0.5, 0.6) is 0 Å². The van der Waals surface area contributed by atoms with Crippen LogP contribution in [-0.4, -0.2) is 17.6 Å². The van der Waals surface area contributed by atoms with Crippen molar-refractivity contribution in [2.24, 2.45) is 5.92 Å². The van der Waals surface area contributed by atoms with Gasteiger partial charge in [-0.3, -0.25) is 4.79 Å². The van der Waals surface area contributed by atoms with Gasteiger partial charge in [-0.05, 0) is 53.4 Å². The molecule has 31 heavy (non-hydrogen) atoms. The third kappa shape index (κ3) is 5.01. The lowest BCUT2D eigenvalue weighted by atomic mass is 10.0. The van der Waals surface area contributed by atoms with Gasteiger partial charge in [-0.1, -0.05) is 49.4 Å². The Labute approximate surface area is 180 Å². The predicted molar refractivity (Wildman–Crippen MR) is 119 cm³/mol. The highest BCUT2D eigenvalue weighted by atomic mass is 19.1. The van der Waals surface area contributed by atoms with E-state index >= 15 is 0 Å². The van der Waals surface area contributed by atoms with E-state index in [0.717, 1.165) is 23.0 Å². The van der Waals surface area contributed by atoms with Crippen molar-refractivity contribution in [3.63, 3.8) is 0 Å². The molecule has 0 radical (unpaired) electrons. The summed E-state index contributed by atoms with van der Waals surface area (Å²) in [5.41, 5.74) is 4.28. The van der Waals surface area contributed by atoms with Crippen LogP contribution >= 0.6 is 0 Å².